The number of hydrogen-bond acceptors (Lipinski definition) is 5. The quantitative estimate of drug-likeness (QED) is 0.364. The van der Waals surface area contributed by atoms with Crippen molar-refractivity contribution in [2.24, 2.45) is 0 Å². The van der Waals surface area contributed by atoms with Crippen molar-refractivity contribution in [3.8, 4) is 11.5 Å². The molecule has 21 heavy (non-hydrogen) atoms. The molecule has 6 nitrogen and oxygen atoms in total. The van der Waals surface area contributed by atoms with Crippen molar-refractivity contribution in [2.45, 2.75) is 0 Å². The molecule has 0 spiro atoms. The lowest BCUT2D eigenvalue weighted by Crippen LogP contribution is -2.09. The monoisotopic (exact) mass is 351 g/mol. The Morgan fingerprint density at radius 1 is 1.19 bits per heavy atom. The third kappa shape index (κ3) is 3.57. The van der Waals surface area contributed by atoms with Crippen LogP contribution in [-0.4, -0.2) is 18.0 Å². The zero-order valence-corrected chi connectivity index (χ0v) is 12.5. The van der Waals surface area contributed by atoms with Crippen LogP contribution in [0.5, 0.6) is 11.5 Å². The molecule has 0 aliphatic heterocycles. The maximum atomic E-state index is 12.0. The van der Waals surface area contributed by atoms with Crippen molar-refractivity contribution >= 4 is 27.6 Å². The van der Waals surface area contributed by atoms with E-state index in [4.69, 9.17) is 9.47 Å². The van der Waals surface area contributed by atoms with Gasteiger partial charge in [0.05, 0.1) is 23.7 Å². The van der Waals surface area contributed by atoms with E-state index in [2.05, 4.69) is 15.9 Å². The summed E-state index contributed by atoms with van der Waals surface area (Å²) in [7, 11) is 1.39. The van der Waals surface area contributed by atoms with Crippen molar-refractivity contribution < 1.29 is 19.2 Å². The van der Waals surface area contributed by atoms with Crippen LogP contribution in [0.2, 0.25) is 0 Å². The summed E-state index contributed by atoms with van der Waals surface area (Å²) in [6.07, 6.45) is 0. The van der Waals surface area contributed by atoms with Crippen LogP contribution >= 0.6 is 15.9 Å². The number of methoxy groups -OCH3 is 1. The molecule has 0 saturated heterocycles. The smallest absolute Gasteiger partial charge is 0.343 e. The predicted octanol–water partition coefficient (Wildman–Crippen LogP) is 3.59. The van der Waals surface area contributed by atoms with E-state index in [1.165, 1.54) is 19.2 Å². The molecule has 7 heteroatoms. The first-order valence-electron chi connectivity index (χ1n) is 5.81. The third-order valence-electron chi connectivity index (χ3n) is 2.62. The lowest BCUT2D eigenvalue weighted by atomic mass is 10.2. The summed E-state index contributed by atoms with van der Waals surface area (Å²) in [5.74, 6) is -0.393. The maximum Gasteiger partial charge on any atom is 0.343 e. The molecular formula is C14H10BrNO5. The summed E-state index contributed by atoms with van der Waals surface area (Å²) >= 11 is 3.25. The Hall–Kier alpha value is -2.41. The van der Waals surface area contributed by atoms with Gasteiger partial charge in [0.15, 0.2) is 11.5 Å². The second-order valence-electron chi connectivity index (χ2n) is 3.99. The largest absolute Gasteiger partial charge is 0.493 e. The summed E-state index contributed by atoms with van der Waals surface area (Å²) in [5, 5.41) is 10.8. The minimum atomic E-state index is -0.630. The van der Waals surface area contributed by atoms with E-state index >= 15 is 0 Å². The van der Waals surface area contributed by atoms with Gasteiger partial charge in [-0.2, -0.15) is 0 Å². The molecule has 2 rings (SSSR count). The Labute approximate surface area is 128 Å². The van der Waals surface area contributed by atoms with E-state index in [0.29, 0.717) is 5.56 Å². The molecule has 0 bridgehead atoms. The highest BCUT2D eigenvalue weighted by Gasteiger charge is 2.16. The Morgan fingerprint density at radius 3 is 2.57 bits per heavy atom. The number of carbonyl (C=O) groups excluding carboxylic acids is 1. The number of halogens is 1. The summed E-state index contributed by atoms with van der Waals surface area (Å²) < 4.78 is 10.9. The van der Waals surface area contributed by atoms with E-state index < -0.39 is 10.9 Å². The molecule has 0 heterocycles. The van der Waals surface area contributed by atoms with Crippen LogP contribution in [0.4, 0.5) is 5.69 Å². The molecule has 0 aliphatic rings. The number of nitrogens with zero attached hydrogens (tertiary/aromatic N) is 1. The number of carbonyl (C=O) groups is 1. The van der Waals surface area contributed by atoms with Gasteiger partial charge in [0, 0.05) is 10.5 Å². The Bertz CT molecular complexity index is 702. The fraction of sp³-hybridized carbons (Fsp3) is 0.0714. The maximum absolute atomic E-state index is 12.0. The molecule has 0 unspecified atom stereocenters. The lowest BCUT2D eigenvalue weighted by Gasteiger charge is -2.09. The number of ether oxygens (including phenoxy) is 2. The van der Waals surface area contributed by atoms with Gasteiger partial charge in [0.2, 0.25) is 0 Å². The van der Waals surface area contributed by atoms with Crippen molar-refractivity contribution in [3.05, 3.63) is 62.6 Å². The first-order valence-corrected chi connectivity index (χ1v) is 6.60. The van der Waals surface area contributed by atoms with Gasteiger partial charge in [0.1, 0.15) is 0 Å². The molecule has 0 saturated carbocycles. The van der Waals surface area contributed by atoms with Gasteiger partial charge in [-0.15, -0.1) is 0 Å². The molecule has 108 valence electrons. The zero-order chi connectivity index (χ0) is 15.4. The van der Waals surface area contributed by atoms with Gasteiger partial charge in [0.25, 0.3) is 5.69 Å². The van der Waals surface area contributed by atoms with Gasteiger partial charge in [-0.3, -0.25) is 10.1 Å². The standard InChI is InChI=1S/C14H10BrNO5/c1-20-12-6-5-11(16(18)19)8-13(12)21-14(17)9-3-2-4-10(15)7-9/h2-8H,1H3. The molecule has 0 atom stereocenters. The van der Waals surface area contributed by atoms with Gasteiger partial charge < -0.3 is 9.47 Å². The zero-order valence-electron chi connectivity index (χ0n) is 10.9. The molecule has 0 N–H and O–H groups in total. The van der Waals surface area contributed by atoms with Crippen LogP contribution in [-0.2, 0) is 0 Å². The second kappa shape index (κ2) is 6.36. The normalized spacial score (nSPS) is 10.0. The Morgan fingerprint density at radius 2 is 1.95 bits per heavy atom. The van der Waals surface area contributed by atoms with Crippen LogP contribution in [0, 0.1) is 10.1 Å². The third-order valence-corrected chi connectivity index (χ3v) is 3.11. The Balaban J connectivity index is 2.31. The van der Waals surface area contributed by atoms with Crippen LogP contribution in [0.25, 0.3) is 0 Å². The van der Waals surface area contributed by atoms with E-state index in [0.717, 1.165) is 10.5 Å². The number of rotatable bonds is 4. The number of nitro groups is 1. The van der Waals surface area contributed by atoms with Crippen LogP contribution in [0.3, 0.4) is 0 Å². The van der Waals surface area contributed by atoms with Crippen molar-refractivity contribution in [1.29, 1.82) is 0 Å². The highest BCUT2D eigenvalue weighted by Crippen LogP contribution is 2.31. The van der Waals surface area contributed by atoms with Crippen LogP contribution < -0.4 is 9.47 Å². The fourth-order valence-corrected chi connectivity index (χ4v) is 2.03. The summed E-state index contributed by atoms with van der Waals surface area (Å²) in [4.78, 5) is 22.2. The van der Waals surface area contributed by atoms with E-state index in [9.17, 15) is 14.9 Å². The first kappa shape index (κ1) is 15.0. The molecule has 0 aliphatic carbocycles. The SMILES string of the molecule is COc1ccc([N+](=O)[O-])cc1OC(=O)c1cccc(Br)c1. The van der Waals surface area contributed by atoms with E-state index in [1.807, 2.05) is 0 Å². The number of esters is 1. The van der Waals surface area contributed by atoms with Crippen LogP contribution in [0.15, 0.2) is 46.9 Å². The number of non-ortho nitro benzene ring substituents is 1. The summed E-state index contributed by atoms with van der Waals surface area (Å²) in [6.45, 7) is 0. The molecule has 2 aromatic carbocycles. The molecule has 2 aromatic rings. The predicted molar refractivity (Wildman–Crippen MR) is 78.7 cm³/mol. The highest BCUT2D eigenvalue weighted by molar-refractivity contribution is 9.10. The van der Waals surface area contributed by atoms with Crippen molar-refractivity contribution in [3.63, 3.8) is 0 Å². The molecule has 0 fully saturated rings. The summed E-state index contributed by atoms with van der Waals surface area (Å²) in [5.41, 5.74) is 0.130. The first-order chi connectivity index (χ1) is 10.0. The van der Waals surface area contributed by atoms with Gasteiger partial charge in [-0.05, 0) is 24.3 Å². The van der Waals surface area contributed by atoms with E-state index in [1.54, 1.807) is 24.3 Å². The number of benzene rings is 2. The van der Waals surface area contributed by atoms with Gasteiger partial charge in [-0.25, -0.2) is 4.79 Å². The number of hydrogen-bond donors (Lipinski definition) is 0. The van der Waals surface area contributed by atoms with Gasteiger partial charge in [-0.1, -0.05) is 22.0 Å². The molecule has 0 amide bonds. The minimum absolute atomic E-state index is 0.00308. The van der Waals surface area contributed by atoms with Crippen molar-refractivity contribution in [2.75, 3.05) is 7.11 Å². The highest BCUT2D eigenvalue weighted by atomic mass is 79.9. The lowest BCUT2D eigenvalue weighted by molar-refractivity contribution is -0.384. The Kier molecular flexibility index (Phi) is 4.54. The average molecular weight is 352 g/mol. The molecular weight excluding hydrogens is 342 g/mol. The summed E-state index contributed by atoms with van der Waals surface area (Å²) in [6, 6.07) is 10.4. The van der Waals surface area contributed by atoms with Gasteiger partial charge >= 0.3 is 5.97 Å². The second-order valence-corrected chi connectivity index (χ2v) is 4.91. The van der Waals surface area contributed by atoms with E-state index in [-0.39, 0.29) is 17.2 Å². The molecule has 0 radical (unpaired) electrons. The van der Waals surface area contributed by atoms with Crippen LogP contribution in [0.1, 0.15) is 10.4 Å². The minimum Gasteiger partial charge on any atom is -0.493 e. The average Bonchev–Trinajstić information content (AvgIpc) is 2.47. The number of nitro benzene ring substituents is 1. The topological polar surface area (TPSA) is 78.7 Å². The van der Waals surface area contributed by atoms with Crippen molar-refractivity contribution in [1.82, 2.24) is 0 Å². The molecule has 0 aromatic heterocycles. The fourth-order valence-electron chi connectivity index (χ4n) is 1.63.